The zero-order valence-electron chi connectivity index (χ0n) is 18.5. The molecule has 30 heavy (non-hydrogen) atoms. The van der Waals surface area contributed by atoms with Crippen LogP contribution in [0.15, 0.2) is 12.1 Å². The van der Waals surface area contributed by atoms with Crippen LogP contribution in [0, 0.1) is 20.8 Å². The molecule has 1 fully saturated rings. The van der Waals surface area contributed by atoms with Gasteiger partial charge < -0.3 is 5.32 Å². The second-order valence-corrected chi connectivity index (χ2v) is 8.49. The number of pyridine rings is 1. The number of aryl methyl sites for hydroxylation is 5. The van der Waals surface area contributed by atoms with Crippen LogP contribution < -0.4 is 5.32 Å². The Morgan fingerprint density at radius 3 is 2.53 bits per heavy atom. The molecular weight excluding hydrogens is 376 g/mol. The Morgan fingerprint density at radius 1 is 1.10 bits per heavy atom. The van der Waals surface area contributed by atoms with Crippen molar-refractivity contribution in [2.24, 2.45) is 0 Å². The highest BCUT2D eigenvalue weighted by Gasteiger charge is 2.28. The van der Waals surface area contributed by atoms with E-state index >= 15 is 0 Å². The van der Waals surface area contributed by atoms with Gasteiger partial charge in [-0.1, -0.05) is 13.3 Å². The van der Waals surface area contributed by atoms with Crippen molar-refractivity contribution in [3.63, 3.8) is 0 Å². The maximum atomic E-state index is 13.1. The molecule has 7 heteroatoms. The highest BCUT2D eigenvalue weighted by molar-refractivity contribution is 6.06. The largest absolute Gasteiger partial charge is 0.352 e. The van der Waals surface area contributed by atoms with E-state index in [1.165, 1.54) is 0 Å². The van der Waals surface area contributed by atoms with Gasteiger partial charge in [0.05, 0.1) is 22.3 Å². The van der Waals surface area contributed by atoms with Crippen molar-refractivity contribution in [3.8, 4) is 0 Å². The van der Waals surface area contributed by atoms with Gasteiger partial charge in [0.25, 0.3) is 5.91 Å². The maximum absolute atomic E-state index is 13.1. The Labute approximate surface area is 177 Å². The van der Waals surface area contributed by atoms with Gasteiger partial charge in [-0.15, -0.1) is 0 Å². The van der Waals surface area contributed by atoms with Crippen LogP contribution in [0.4, 0.5) is 0 Å². The molecule has 0 unspecified atom stereocenters. The van der Waals surface area contributed by atoms with Gasteiger partial charge in [0.15, 0.2) is 5.65 Å². The molecule has 7 nitrogen and oxygen atoms in total. The van der Waals surface area contributed by atoms with Crippen LogP contribution in [0.1, 0.15) is 78.1 Å². The number of carbonyl (C=O) groups excluding carboxylic acids is 1. The number of hydrogen-bond acceptors (Lipinski definition) is 4. The van der Waals surface area contributed by atoms with E-state index in [-0.39, 0.29) is 5.91 Å². The first-order valence-electron chi connectivity index (χ1n) is 11.1. The van der Waals surface area contributed by atoms with Crippen molar-refractivity contribution < 1.29 is 4.79 Å². The van der Waals surface area contributed by atoms with Crippen LogP contribution in [-0.2, 0) is 13.1 Å². The quantitative estimate of drug-likeness (QED) is 0.542. The van der Waals surface area contributed by atoms with Gasteiger partial charge >= 0.3 is 0 Å². The lowest BCUT2D eigenvalue weighted by Crippen LogP contribution is -2.26. The highest BCUT2D eigenvalue weighted by atomic mass is 16.1. The molecular formula is C23H32N6O. The Kier molecular flexibility index (Phi) is 5.88. The number of aromatic nitrogens is 5. The molecule has 3 aromatic rings. The van der Waals surface area contributed by atoms with Crippen molar-refractivity contribution in [2.75, 3.05) is 6.54 Å². The van der Waals surface area contributed by atoms with E-state index in [1.54, 1.807) is 0 Å². The van der Waals surface area contributed by atoms with Crippen LogP contribution in [0.5, 0.6) is 0 Å². The number of nitrogens with one attached hydrogen (secondary N) is 1. The van der Waals surface area contributed by atoms with Crippen LogP contribution >= 0.6 is 0 Å². The molecule has 0 atom stereocenters. The van der Waals surface area contributed by atoms with Gasteiger partial charge in [-0.05, 0) is 58.6 Å². The Bertz CT molecular complexity index is 1060. The number of hydrogen-bond donors (Lipinski definition) is 1. The Hall–Kier alpha value is -2.70. The summed E-state index contributed by atoms with van der Waals surface area (Å²) in [4.78, 5) is 18.0. The van der Waals surface area contributed by atoms with Crippen LogP contribution in [-0.4, -0.2) is 37.0 Å². The van der Waals surface area contributed by atoms with Crippen molar-refractivity contribution in [2.45, 2.75) is 78.8 Å². The molecule has 0 bridgehead atoms. The summed E-state index contributed by atoms with van der Waals surface area (Å²) < 4.78 is 3.99. The molecule has 1 aliphatic rings. The molecule has 4 rings (SSSR count). The third kappa shape index (κ3) is 4.25. The predicted molar refractivity (Wildman–Crippen MR) is 118 cm³/mol. The number of carbonyl (C=O) groups is 1. The minimum absolute atomic E-state index is 0.0317. The fourth-order valence-electron chi connectivity index (χ4n) is 4.03. The molecule has 0 saturated heterocycles. The normalized spacial score (nSPS) is 13.9. The molecule has 1 saturated carbocycles. The summed E-state index contributed by atoms with van der Waals surface area (Å²) in [6.07, 6.45) is 5.31. The highest BCUT2D eigenvalue weighted by Crippen LogP contribution is 2.40. The van der Waals surface area contributed by atoms with Gasteiger partial charge in [0, 0.05) is 36.9 Å². The second-order valence-electron chi connectivity index (χ2n) is 8.49. The van der Waals surface area contributed by atoms with Crippen molar-refractivity contribution >= 4 is 16.9 Å². The number of amides is 1. The molecule has 3 aromatic heterocycles. The molecule has 0 aliphatic heterocycles. The lowest BCUT2D eigenvalue weighted by Gasteiger charge is -2.10. The van der Waals surface area contributed by atoms with Crippen molar-refractivity contribution in [1.29, 1.82) is 0 Å². The summed E-state index contributed by atoms with van der Waals surface area (Å²) in [6.45, 7) is 10.5. The van der Waals surface area contributed by atoms with E-state index in [4.69, 9.17) is 10.1 Å². The van der Waals surface area contributed by atoms with Gasteiger partial charge in [0.2, 0.25) is 0 Å². The van der Waals surface area contributed by atoms with Gasteiger partial charge in [-0.2, -0.15) is 10.2 Å². The molecule has 160 valence electrons. The van der Waals surface area contributed by atoms with E-state index in [0.29, 0.717) is 18.0 Å². The van der Waals surface area contributed by atoms with E-state index in [2.05, 4.69) is 30.3 Å². The summed E-state index contributed by atoms with van der Waals surface area (Å²) in [5, 5.41) is 13.2. The average Bonchev–Trinajstić information content (AvgIpc) is 3.46. The van der Waals surface area contributed by atoms with Gasteiger partial charge in [-0.3, -0.25) is 9.48 Å². The fourth-order valence-corrected chi connectivity index (χ4v) is 4.03. The van der Waals surface area contributed by atoms with Crippen molar-refractivity contribution in [1.82, 2.24) is 29.9 Å². The Balaban J connectivity index is 1.52. The standard InChI is InChI=1S/C23H32N6O/c1-5-6-11-29-22-21(17(4)27-29)19(14-20(25-22)18-8-9-18)23(30)24-10-7-12-28-16(3)13-15(2)26-28/h13-14,18H,5-12H2,1-4H3,(H,24,30). The first-order chi connectivity index (χ1) is 14.5. The average molecular weight is 409 g/mol. The zero-order valence-corrected chi connectivity index (χ0v) is 18.5. The number of unbranched alkanes of at least 4 members (excludes halogenated alkanes) is 1. The molecule has 1 N–H and O–H groups in total. The van der Waals surface area contributed by atoms with E-state index in [1.807, 2.05) is 29.3 Å². The molecule has 0 spiro atoms. The number of fused-ring (bicyclic) bond motifs is 1. The first-order valence-corrected chi connectivity index (χ1v) is 11.1. The molecule has 1 aliphatic carbocycles. The zero-order chi connectivity index (χ0) is 21.3. The minimum Gasteiger partial charge on any atom is -0.352 e. The van der Waals surface area contributed by atoms with Crippen molar-refractivity contribution in [3.05, 3.63) is 40.5 Å². The van der Waals surface area contributed by atoms with Crippen LogP contribution in [0.25, 0.3) is 11.0 Å². The van der Waals surface area contributed by atoms with Gasteiger partial charge in [-0.25, -0.2) is 9.67 Å². The predicted octanol–water partition coefficient (Wildman–Crippen LogP) is 4.05. The van der Waals surface area contributed by atoms with Crippen LogP contribution in [0.2, 0.25) is 0 Å². The molecule has 0 radical (unpaired) electrons. The molecule has 1 amide bonds. The fraction of sp³-hybridized carbons (Fsp3) is 0.565. The van der Waals surface area contributed by atoms with E-state index in [0.717, 1.165) is 79.0 Å². The summed E-state index contributed by atoms with van der Waals surface area (Å²) in [6, 6.07) is 4.07. The lowest BCUT2D eigenvalue weighted by molar-refractivity contribution is 0.0954. The number of nitrogens with zero attached hydrogens (tertiary/aromatic N) is 5. The maximum Gasteiger partial charge on any atom is 0.252 e. The SMILES string of the molecule is CCCCn1nc(C)c2c(C(=O)NCCCn3nc(C)cc3C)cc(C3CC3)nc21. The topological polar surface area (TPSA) is 77.6 Å². The second kappa shape index (κ2) is 8.58. The smallest absolute Gasteiger partial charge is 0.252 e. The van der Waals surface area contributed by atoms with Crippen LogP contribution in [0.3, 0.4) is 0 Å². The Morgan fingerprint density at radius 2 is 1.87 bits per heavy atom. The molecule has 0 aromatic carbocycles. The van der Waals surface area contributed by atoms with E-state index < -0.39 is 0 Å². The summed E-state index contributed by atoms with van der Waals surface area (Å²) in [7, 11) is 0. The lowest BCUT2D eigenvalue weighted by atomic mass is 10.1. The monoisotopic (exact) mass is 408 g/mol. The van der Waals surface area contributed by atoms with E-state index in [9.17, 15) is 4.79 Å². The first kappa shape index (κ1) is 20.6. The molecule has 3 heterocycles. The summed E-state index contributed by atoms with van der Waals surface area (Å²) >= 11 is 0. The summed E-state index contributed by atoms with van der Waals surface area (Å²) in [5.41, 5.74) is 5.67. The third-order valence-electron chi connectivity index (χ3n) is 5.80. The minimum atomic E-state index is -0.0317. The summed E-state index contributed by atoms with van der Waals surface area (Å²) in [5.74, 6) is 0.456. The third-order valence-corrected chi connectivity index (χ3v) is 5.80. The number of rotatable bonds is 9. The van der Waals surface area contributed by atoms with Gasteiger partial charge in [0.1, 0.15) is 0 Å².